The number of hydrogen-bond acceptors (Lipinski definition) is 6. The summed E-state index contributed by atoms with van der Waals surface area (Å²) in [5.41, 5.74) is 2.35. The van der Waals surface area contributed by atoms with Gasteiger partial charge in [-0.15, -0.1) is 0 Å². The molecule has 160 valence electrons. The zero-order chi connectivity index (χ0) is 22.2. The number of aryl methyl sites for hydroxylation is 1. The quantitative estimate of drug-likeness (QED) is 0.436. The van der Waals surface area contributed by atoms with E-state index in [2.05, 4.69) is 10.4 Å². The van der Waals surface area contributed by atoms with Gasteiger partial charge in [0.25, 0.3) is 0 Å². The van der Waals surface area contributed by atoms with E-state index in [1.165, 1.54) is 23.0 Å². The third-order valence-electron chi connectivity index (χ3n) is 4.93. The standard InChI is InChI=1S/C21H20N4O5S/c1-13-2-7-18-16(10-13)20-17(21(27)30-18)11-24-25(20)12-19(26)23-9-8-14-3-5-15(6-4-14)31(22,28)29/h2-7,10-11H,8-9,12H2,1H3,(H,23,26)(H2,22,28,29). The van der Waals surface area contributed by atoms with Crippen LogP contribution in [0.2, 0.25) is 0 Å². The summed E-state index contributed by atoms with van der Waals surface area (Å²) in [6.07, 6.45) is 1.92. The molecule has 31 heavy (non-hydrogen) atoms. The van der Waals surface area contributed by atoms with Gasteiger partial charge in [-0.25, -0.2) is 18.4 Å². The summed E-state index contributed by atoms with van der Waals surface area (Å²) >= 11 is 0. The summed E-state index contributed by atoms with van der Waals surface area (Å²) in [4.78, 5) is 24.7. The van der Waals surface area contributed by atoms with E-state index in [4.69, 9.17) is 9.56 Å². The Hall–Kier alpha value is -3.50. The molecule has 2 aromatic heterocycles. The lowest BCUT2D eigenvalue weighted by Crippen LogP contribution is -2.29. The van der Waals surface area contributed by atoms with Crippen molar-refractivity contribution in [3.8, 4) is 0 Å². The Balaban J connectivity index is 1.47. The lowest BCUT2D eigenvalue weighted by atomic mass is 10.1. The molecule has 0 aliphatic rings. The number of aromatic nitrogens is 2. The van der Waals surface area contributed by atoms with Crippen LogP contribution in [-0.4, -0.2) is 30.7 Å². The van der Waals surface area contributed by atoms with E-state index in [-0.39, 0.29) is 17.3 Å². The molecule has 0 spiro atoms. The number of nitrogens with one attached hydrogen (secondary N) is 1. The summed E-state index contributed by atoms with van der Waals surface area (Å²) in [5.74, 6) is -0.264. The highest BCUT2D eigenvalue weighted by atomic mass is 32.2. The largest absolute Gasteiger partial charge is 0.422 e. The zero-order valence-corrected chi connectivity index (χ0v) is 17.5. The van der Waals surface area contributed by atoms with Gasteiger partial charge >= 0.3 is 5.63 Å². The predicted octanol–water partition coefficient (Wildman–Crippen LogP) is 1.46. The molecule has 2 heterocycles. The van der Waals surface area contributed by atoms with Crippen molar-refractivity contribution in [2.24, 2.45) is 5.14 Å². The van der Waals surface area contributed by atoms with Crippen molar-refractivity contribution in [1.29, 1.82) is 0 Å². The topological polar surface area (TPSA) is 137 Å². The maximum absolute atomic E-state index is 12.4. The molecule has 0 radical (unpaired) electrons. The molecule has 0 saturated carbocycles. The van der Waals surface area contributed by atoms with Crippen LogP contribution in [0.25, 0.3) is 21.9 Å². The lowest BCUT2D eigenvalue weighted by molar-refractivity contribution is -0.121. The van der Waals surface area contributed by atoms with Crippen LogP contribution >= 0.6 is 0 Å². The van der Waals surface area contributed by atoms with Crippen LogP contribution in [0.4, 0.5) is 0 Å². The summed E-state index contributed by atoms with van der Waals surface area (Å²) < 4.78 is 29.4. The van der Waals surface area contributed by atoms with E-state index >= 15 is 0 Å². The fourth-order valence-corrected chi connectivity index (χ4v) is 3.91. The third kappa shape index (κ3) is 4.35. The number of sulfonamides is 1. The number of benzene rings is 2. The Morgan fingerprint density at radius 2 is 1.90 bits per heavy atom. The molecule has 0 saturated heterocycles. The first kappa shape index (κ1) is 20.8. The molecule has 1 amide bonds. The molecule has 9 nitrogen and oxygen atoms in total. The average Bonchev–Trinajstić information content (AvgIpc) is 3.13. The van der Waals surface area contributed by atoms with Crippen molar-refractivity contribution in [2.75, 3.05) is 6.54 Å². The number of carbonyl (C=O) groups excluding carboxylic acids is 1. The van der Waals surface area contributed by atoms with Gasteiger partial charge in [-0.05, 0) is 43.2 Å². The van der Waals surface area contributed by atoms with E-state index in [1.807, 2.05) is 19.1 Å². The van der Waals surface area contributed by atoms with E-state index in [0.717, 1.165) is 16.5 Å². The molecule has 2 aromatic carbocycles. The van der Waals surface area contributed by atoms with Crippen LogP contribution in [0.5, 0.6) is 0 Å². The Morgan fingerprint density at radius 1 is 1.16 bits per heavy atom. The highest BCUT2D eigenvalue weighted by molar-refractivity contribution is 7.89. The van der Waals surface area contributed by atoms with Crippen molar-refractivity contribution in [2.45, 2.75) is 24.8 Å². The van der Waals surface area contributed by atoms with Gasteiger partial charge in [0.2, 0.25) is 15.9 Å². The van der Waals surface area contributed by atoms with Crippen LogP contribution in [0.3, 0.4) is 0 Å². The van der Waals surface area contributed by atoms with Crippen LogP contribution in [0.15, 0.2) is 62.8 Å². The maximum atomic E-state index is 12.4. The Morgan fingerprint density at radius 3 is 2.61 bits per heavy atom. The number of fused-ring (bicyclic) bond motifs is 3. The molecule has 0 fully saturated rings. The number of carbonyl (C=O) groups is 1. The molecule has 4 aromatic rings. The lowest BCUT2D eigenvalue weighted by Gasteiger charge is -2.08. The van der Waals surface area contributed by atoms with E-state index < -0.39 is 15.6 Å². The summed E-state index contributed by atoms with van der Waals surface area (Å²) in [5, 5.41) is 13.1. The first-order valence-corrected chi connectivity index (χ1v) is 11.0. The fourth-order valence-electron chi connectivity index (χ4n) is 3.40. The van der Waals surface area contributed by atoms with Crippen LogP contribution < -0.4 is 16.1 Å². The van der Waals surface area contributed by atoms with Gasteiger partial charge in [-0.2, -0.15) is 5.10 Å². The zero-order valence-electron chi connectivity index (χ0n) is 16.7. The number of primary sulfonamides is 1. The normalized spacial score (nSPS) is 11.8. The van der Waals surface area contributed by atoms with Gasteiger partial charge in [0.1, 0.15) is 17.5 Å². The summed E-state index contributed by atoms with van der Waals surface area (Å²) in [7, 11) is -3.73. The SMILES string of the molecule is Cc1ccc2oc(=O)c3cnn(CC(=O)NCCc4ccc(S(N)(=O)=O)cc4)c3c2c1. The minimum atomic E-state index is -3.73. The molecule has 0 aliphatic carbocycles. The summed E-state index contributed by atoms with van der Waals surface area (Å²) in [6.45, 7) is 2.23. The van der Waals surface area contributed by atoms with Crippen molar-refractivity contribution in [3.05, 3.63) is 70.2 Å². The Labute approximate surface area is 177 Å². The molecule has 3 N–H and O–H groups in total. The molecule has 0 bridgehead atoms. The second-order valence-corrected chi connectivity index (χ2v) is 8.80. The molecular formula is C21H20N4O5S. The van der Waals surface area contributed by atoms with Gasteiger partial charge < -0.3 is 9.73 Å². The average molecular weight is 440 g/mol. The van der Waals surface area contributed by atoms with Crippen LogP contribution in [-0.2, 0) is 27.8 Å². The first-order chi connectivity index (χ1) is 14.7. The predicted molar refractivity (Wildman–Crippen MR) is 115 cm³/mol. The minimum absolute atomic E-state index is 0.0396. The number of nitrogens with zero attached hydrogens (tertiary/aromatic N) is 2. The molecule has 10 heteroatoms. The fraction of sp³-hybridized carbons (Fsp3) is 0.190. The second kappa shape index (κ2) is 7.97. The van der Waals surface area contributed by atoms with E-state index in [0.29, 0.717) is 29.5 Å². The molecule has 4 rings (SSSR count). The van der Waals surface area contributed by atoms with Crippen molar-refractivity contribution in [3.63, 3.8) is 0 Å². The van der Waals surface area contributed by atoms with Gasteiger partial charge in [0.05, 0.1) is 16.6 Å². The van der Waals surface area contributed by atoms with Gasteiger partial charge in [-0.3, -0.25) is 9.48 Å². The molecular weight excluding hydrogens is 420 g/mol. The van der Waals surface area contributed by atoms with E-state index in [1.54, 1.807) is 18.2 Å². The maximum Gasteiger partial charge on any atom is 0.347 e. The molecule has 0 aliphatic heterocycles. The van der Waals surface area contributed by atoms with Crippen molar-refractivity contribution < 1.29 is 17.6 Å². The number of rotatable bonds is 6. The number of amides is 1. The molecule has 0 unspecified atom stereocenters. The number of hydrogen-bond donors (Lipinski definition) is 2. The van der Waals surface area contributed by atoms with E-state index in [9.17, 15) is 18.0 Å². The second-order valence-electron chi connectivity index (χ2n) is 7.24. The minimum Gasteiger partial charge on any atom is -0.422 e. The first-order valence-electron chi connectivity index (χ1n) is 9.50. The smallest absolute Gasteiger partial charge is 0.347 e. The van der Waals surface area contributed by atoms with Crippen LogP contribution in [0.1, 0.15) is 11.1 Å². The Kier molecular flexibility index (Phi) is 5.34. The molecule has 0 atom stereocenters. The van der Waals surface area contributed by atoms with Crippen LogP contribution in [0, 0.1) is 6.92 Å². The van der Waals surface area contributed by atoms with Gasteiger partial charge in [0, 0.05) is 11.9 Å². The Bertz CT molecular complexity index is 1450. The highest BCUT2D eigenvalue weighted by Gasteiger charge is 2.15. The number of nitrogens with two attached hydrogens (primary N) is 1. The van der Waals surface area contributed by atoms with Gasteiger partial charge in [-0.1, -0.05) is 23.8 Å². The van der Waals surface area contributed by atoms with Crippen molar-refractivity contribution >= 4 is 37.8 Å². The monoisotopic (exact) mass is 440 g/mol. The third-order valence-corrected chi connectivity index (χ3v) is 5.86. The van der Waals surface area contributed by atoms with Gasteiger partial charge in [0.15, 0.2) is 0 Å². The summed E-state index contributed by atoms with van der Waals surface area (Å²) in [6, 6.07) is 11.6. The van der Waals surface area contributed by atoms with Crippen molar-refractivity contribution in [1.82, 2.24) is 15.1 Å². The highest BCUT2D eigenvalue weighted by Crippen LogP contribution is 2.23.